The molecule has 130 valence electrons. The highest BCUT2D eigenvalue weighted by molar-refractivity contribution is 5.94. The molecule has 1 aromatic rings. The fourth-order valence-corrected chi connectivity index (χ4v) is 3.29. The zero-order valence-electron chi connectivity index (χ0n) is 12.6. The molecule has 1 aliphatic heterocycles. The van der Waals surface area contributed by atoms with E-state index < -0.39 is 18.0 Å². The summed E-state index contributed by atoms with van der Waals surface area (Å²) in [5.41, 5.74) is -1.28. The number of halogens is 3. The van der Waals surface area contributed by atoms with E-state index in [9.17, 15) is 22.8 Å². The summed E-state index contributed by atoms with van der Waals surface area (Å²) in [6.45, 7) is 0.752. The molecular formula is C15H16F3N3O3. The van der Waals surface area contributed by atoms with E-state index in [1.54, 1.807) is 0 Å². The van der Waals surface area contributed by atoms with E-state index >= 15 is 0 Å². The molecule has 1 saturated carbocycles. The van der Waals surface area contributed by atoms with Gasteiger partial charge in [-0.1, -0.05) is 6.07 Å². The number of carbonyl (C=O) groups is 2. The number of carboxylic acid groups (broad SMARTS) is 1. The summed E-state index contributed by atoms with van der Waals surface area (Å²) in [6, 6.07) is 3.35. The Hall–Kier alpha value is -2.32. The van der Waals surface area contributed by atoms with E-state index in [4.69, 9.17) is 5.11 Å². The van der Waals surface area contributed by atoms with Crippen molar-refractivity contribution in [2.45, 2.75) is 25.4 Å². The summed E-state index contributed by atoms with van der Waals surface area (Å²) in [5, 5.41) is 11.4. The van der Waals surface area contributed by atoms with Crippen LogP contribution in [0.15, 0.2) is 18.2 Å². The Morgan fingerprint density at radius 3 is 2.54 bits per heavy atom. The van der Waals surface area contributed by atoms with Gasteiger partial charge in [-0.2, -0.15) is 13.2 Å². The van der Waals surface area contributed by atoms with Gasteiger partial charge in [0.2, 0.25) is 5.91 Å². The van der Waals surface area contributed by atoms with E-state index in [1.165, 1.54) is 17.0 Å². The number of hydrogen-bond acceptors (Lipinski definition) is 3. The van der Waals surface area contributed by atoms with Gasteiger partial charge in [-0.25, -0.2) is 9.78 Å². The SMILES string of the molecule is O=C(Nc1cccc(C(F)(F)F)n1)C1CC12CCN(C(=O)O)CC2. The molecule has 0 aromatic carbocycles. The Kier molecular flexibility index (Phi) is 3.89. The van der Waals surface area contributed by atoms with Crippen LogP contribution in [-0.4, -0.2) is 40.1 Å². The van der Waals surface area contributed by atoms with Gasteiger partial charge >= 0.3 is 12.3 Å². The molecule has 24 heavy (non-hydrogen) atoms. The third kappa shape index (κ3) is 3.15. The van der Waals surface area contributed by atoms with E-state index in [0.717, 1.165) is 6.07 Å². The molecule has 6 nitrogen and oxygen atoms in total. The summed E-state index contributed by atoms with van der Waals surface area (Å²) >= 11 is 0. The summed E-state index contributed by atoms with van der Waals surface area (Å²) in [6.07, 6.45) is -3.73. The molecule has 2 fully saturated rings. The van der Waals surface area contributed by atoms with Crippen molar-refractivity contribution in [1.82, 2.24) is 9.88 Å². The second-order valence-electron chi connectivity index (χ2n) is 6.28. The van der Waals surface area contributed by atoms with Gasteiger partial charge < -0.3 is 15.3 Å². The minimum atomic E-state index is -4.56. The lowest BCUT2D eigenvalue weighted by molar-refractivity contribution is -0.141. The van der Waals surface area contributed by atoms with Crippen LogP contribution in [0.25, 0.3) is 0 Å². The molecule has 2 heterocycles. The topological polar surface area (TPSA) is 82.5 Å². The number of alkyl halides is 3. The summed E-state index contributed by atoms with van der Waals surface area (Å²) < 4.78 is 37.9. The lowest BCUT2D eigenvalue weighted by atomic mass is 9.91. The number of nitrogens with one attached hydrogen (secondary N) is 1. The molecule has 1 spiro atoms. The summed E-state index contributed by atoms with van der Waals surface area (Å²) in [7, 11) is 0. The smallest absolute Gasteiger partial charge is 0.433 e. The van der Waals surface area contributed by atoms with Crippen LogP contribution in [0.2, 0.25) is 0 Å². The number of rotatable bonds is 2. The number of likely N-dealkylation sites (tertiary alicyclic amines) is 1. The maximum Gasteiger partial charge on any atom is 0.433 e. The molecule has 1 unspecified atom stereocenters. The Morgan fingerprint density at radius 2 is 1.96 bits per heavy atom. The first-order valence-electron chi connectivity index (χ1n) is 7.54. The zero-order chi connectivity index (χ0) is 17.5. The van der Waals surface area contributed by atoms with Crippen LogP contribution >= 0.6 is 0 Å². The van der Waals surface area contributed by atoms with E-state index in [-0.39, 0.29) is 23.1 Å². The number of anilines is 1. The Balaban J connectivity index is 1.61. The predicted molar refractivity (Wildman–Crippen MR) is 77.2 cm³/mol. The Labute approximate surface area is 135 Å². The standard InChI is InChI=1S/C15H16F3N3O3/c16-15(17,18)10-2-1-3-11(19-10)20-12(22)9-8-14(9)4-6-21(7-5-14)13(23)24/h1-3,9H,4-8H2,(H,23,24)(H,19,20,22). The molecule has 0 radical (unpaired) electrons. The van der Waals surface area contributed by atoms with Crippen molar-refractivity contribution in [3.63, 3.8) is 0 Å². The predicted octanol–water partition coefficient (Wildman–Crippen LogP) is 2.82. The average Bonchev–Trinajstić information content (AvgIpc) is 3.21. The second-order valence-corrected chi connectivity index (χ2v) is 6.28. The highest BCUT2D eigenvalue weighted by Crippen LogP contribution is 2.59. The quantitative estimate of drug-likeness (QED) is 0.865. The van der Waals surface area contributed by atoms with Crippen molar-refractivity contribution in [2.24, 2.45) is 11.3 Å². The maximum absolute atomic E-state index is 12.6. The van der Waals surface area contributed by atoms with Crippen molar-refractivity contribution in [3.8, 4) is 0 Å². The Morgan fingerprint density at radius 1 is 1.29 bits per heavy atom. The lowest BCUT2D eigenvalue weighted by Crippen LogP contribution is -2.39. The fraction of sp³-hybridized carbons (Fsp3) is 0.533. The molecule has 3 rings (SSSR count). The third-order valence-electron chi connectivity index (χ3n) is 4.83. The Bertz CT molecular complexity index is 669. The summed E-state index contributed by atoms with van der Waals surface area (Å²) in [4.78, 5) is 27.9. The largest absolute Gasteiger partial charge is 0.465 e. The monoisotopic (exact) mass is 343 g/mol. The molecule has 2 N–H and O–H groups in total. The van der Waals surface area contributed by atoms with E-state index in [1.807, 2.05) is 0 Å². The third-order valence-corrected chi connectivity index (χ3v) is 4.83. The van der Waals surface area contributed by atoms with Crippen molar-refractivity contribution >= 4 is 17.8 Å². The molecular weight excluding hydrogens is 327 g/mol. The fourth-order valence-electron chi connectivity index (χ4n) is 3.29. The van der Waals surface area contributed by atoms with Gasteiger partial charge in [0.15, 0.2) is 0 Å². The van der Waals surface area contributed by atoms with Crippen LogP contribution in [0.3, 0.4) is 0 Å². The van der Waals surface area contributed by atoms with E-state index in [0.29, 0.717) is 32.4 Å². The molecule has 0 bridgehead atoms. The van der Waals surface area contributed by atoms with Crippen LogP contribution in [0.1, 0.15) is 25.0 Å². The molecule has 1 aromatic heterocycles. The highest BCUT2D eigenvalue weighted by atomic mass is 19.4. The van der Waals surface area contributed by atoms with Gasteiger partial charge in [0.25, 0.3) is 0 Å². The number of pyridine rings is 1. The molecule has 9 heteroatoms. The first kappa shape index (κ1) is 16.5. The zero-order valence-corrected chi connectivity index (χ0v) is 12.6. The number of hydrogen-bond donors (Lipinski definition) is 2. The van der Waals surface area contributed by atoms with E-state index in [2.05, 4.69) is 10.3 Å². The first-order chi connectivity index (χ1) is 11.2. The van der Waals surface area contributed by atoms with Crippen LogP contribution in [0.5, 0.6) is 0 Å². The lowest BCUT2D eigenvalue weighted by Gasteiger charge is -2.30. The van der Waals surface area contributed by atoms with Crippen LogP contribution in [-0.2, 0) is 11.0 Å². The van der Waals surface area contributed by atoms with Gasteiger partial charge in [0.05, 0.1) is 0 Å². The number of aromatic nitrogens is 1. The molecule has 1 atom stereocenters. The van der Waals surface area contributed by atoms with Gasteiger partial charge in [0, 0.05) is 19.0 Å². The normalized spacial score (nSPS) is 22.3. The average molecular weight is 343 g/mol. The first-order valence-corrected chi connectivity index (χ1v) is 7.54. The minimum Gasteiger partial charge on any atom is -0.465 e. The van der Waals surface area contributed by atoms with Gasteiger partial charge in [-0.05, 0) is 36.8 Å². The van der Waals surface area contributed by atoms with Crippen LogP contribution < -0.4 is 5.32 Å². The highest BCUT2D eigenvalue weighted by Gasteiger charge is 2.58. The number of piperidine rings is 1. The van der Waals surface area contributed by atoms with Crippen molar-refractivity contribution in [2.75, 3.05) is 18.4 Å². The van der Waals surface area contributed by atoms with Crippen LogP contribution in [0, 0.1) is 11.3 Å². The van der Waals surface area contributed by atoms with Gasteiger partial charge in [-0.15, -0.1) is 0 Å². The number of nitrogens with zero attached hydrogens (tertiary/aromatic N) is 2. The van der Waals surface area contributed by atoms with Crippen molar-refractivity contribution in [3.05, 3.63) is 23.9 Å². The molecule has 2 aliphatic rings. The van der Waals surface area contributed by atoms with Gasteiger partial charge in [-0.3, -0.25) is 4.79 Å². The van der Waals surface area contributed by atoms with Crippen molar-refractivity contribution in [1.29, 1.82) is 0 Å². The number of carbonyl (C=O) groups excluding carboxylic acids is 1. The van der Waals surface area contributed by atoms with Crippen molar-refractivity contribution < 1.29 is 27.9 Å². The number of amides is 2. The minimum absolute atomic E-state index is 0.125. The molecule has 1 aliphatic carbocycles. The maximum atomic E-state index is 12.6. The molecule has 2 amide bonds. The summed E-state index contributed by atoms with van der Waals surface area (Å²) in [5.74, 6) is -0.782. The van der Waals surface area contributed by atoms with Crippen LogP contribution in [0.4, 0.5) is 23.8 Å². The second kappa shape index (κ2) is 5.64. The van der Waals surface area contributed by atoms with Gasteiger partial charge in [0.1, 0.15) is 11.5 Å². The molecule has 1 saturated heterocycles.